The summed E-state index contributed by atoms with van der Waals surface area (Å²) in [6.07, 6.45) is 2.05. The largest absolute Gasteiger partial charge is 0.388 e. The van der Waals surface area contributed by atoms with Gasteiger partial charge in [-0.25, -0.2) is 4.98 Å². The smallest absolute Gasteiger partial charge is 0.136 e. The molecule has 0 fully saturated rings. The third-order valence-corrected chi connectivity index (χ3v) is 4.32. The highest BCUT2D eigenvalue weighted by molar-refractivity contribution is 7.98. The molecule has 4 nitrogen and oxygen atoms in total. The Bertz CT molecular complexity index is 590. The molecule has 1 aromatic carbocycles. The van der Waals surface area contributed by atoms with Gasteiger partial charge in [0.15, 0.2) is 0 Å². The molecule has 3 N–H and O–H groups in total. The molecule has 0 saturated carbocycles. The first-order valence-corrected chi connectivity index (χ1v) is 8.35. The van der Waals surface area contributed by atoms with Crippen LogP contribution in [0.2, 0.25) is 0 Å². The molecule has 1 heterocycles. The highest BCUT2D eigenvalue weighted by Gasteiger charge is 2.18. The van der Waals surface area contributed by atoms with Crippen molar-refractivity contribution in [3.63, 3.8) is 0 Å². The molecule has 0 spiro atoms. The van der Waals surface area contributed by atoms with Gasteiger partial charge in [0.25, 0.3) is 0 Å². The molecule has 0 amide bonds. The molecule has 114 valence electrons. The molecule has 0 aliphatic heterocycles. The van der Waals surface area contributed by atoms with Crippen molar-refractivity contribution in [2.45, 2.75) is 44.5 Å². The first-order chi connectivity index (χ1) is 10.1. The number of rotatable bonds is 6. The molecule has 0 saturated heterocycles. The number of nitrogens with zero attached hydrogens (tertiary/aromatic N) is 2. The monoisotopic (exact) mass is 305 g/mol. The van der Waals surface area contributed by atoms with Gasteiger partial charge in [0, 0.05) is 13.1 Å². The van der Waals surface area contributed by atoms with E-state index in [1.165, 1.54) is 5.56 Å². The van der Waals surface area contributed by atoms with Gasteiger partial charge in [-0.2, -0.15) is 0 Å². The number of imidazole rings is 1. The second-order valence-electron chi connectivity index (χ2n) is 5.34. The average molecular weight is 305 g/mol. The molecular formula is C16H23N3OS. The number of aliphatic hydroxyl groups excluding tert-OH is 1. The lowest BCUT2D eigenvalue weighted by atomic mass is 10.1. The highest BCUT2D eigenvalue weighted by Crippen LogP contribution is 2.29. The van der Waals surface area contributed by atoms with Crippen LogP contribution in [0.1, 0.15) is 42.4 Å². The van der Waals surface area contributed by atoms with Gasteiger partial charge in [0.1, 0.15) is 12.4 Å². The van der Waals surface area contributed by atoms with Gasteiger partial charge in [-0.3, -0.25) is 0 Å². The van der Waals surface area contributed by atoms with Gasteiger partial charge in [0.05, 0.1) is 10.7 Å². The molecule has 2 rings (SSSR count). The summed E-state index contributed by atoms with van der Waals surface area (Å²) in [5.41, 5.74) is 9.00. The van der Waals surface area contributed by atoms with Crippen molar-refractivity contribution in [1.82, 2.24) is 9.55 Å². The average Bonchev–Trinajstić information content (AvgIpc) is 2.86. The minimum Gasteiger partial charge on any atom is -0.388 e. The van der Waals surface area contributed by atoms with Crippen LogP contribution in [0.5, 0.6) is 0 Å². The van der Waals surface area contributed by atoms with E-state index in [1.54, 1.807) is 11.8 Å². The van der Waals surface area contributed by atoms with E-state index in [2.05, 4.69) is 41.8 Å². The Morgan fingerprint density at radius 3 is 2.33 bits per heavy atom. The fraction of sp³-hybridized carbons (Fsp3) is 0.438. The lowest BCUT2D eigenvalue weighted by molar-refractivity contribution is 0.265. The zero-order chi connectivity index (χ0) is 15.4. The number of hydrogen-bond donors (Lipinski definition) is 2. The number of benzene rings is 1. The number of hydrogen-bond acceptors (Lipinski definition) is 4. The Morgan fingerprint density at radius 2 is 1.86 bits per heavy atom. The van der Waals surface area contributed by atoms with Crippen LogP contribution in [-0.4, -0.2) is 20.9 Å². The molecule has 0 unspecified atom stereocenters. The van der Waals surface area contributed by atoms with Gasteiger partial charge in [-0.05, 0) is 23.3 Å². The lowest BCUT2D eigenvalue weighted by Gasteiger charge is -2.11. The first kappa shape index (κ1) is 16.1. The first-order valence-electron chi connectivity index (χ1n) is 7.12. The third kappa shape index (κ3) is 3.48. The maximum absolute atomic E-state index is 9.58. The van der Waals surface area contributed by atoms with Gasteiger partial charge >= 0.3 is 0 Å². The summed E-state index contributed by atoms with van der Waals surface area (Å²) in [6, 6.07) is 8.27. The van der Waals surface area contributed by atoms with E-state index in [4.69, 9.17) is 5.73 Å². The summed E-state index contributed by atoms with van der Waals surface area (Å²) in [4.78, 5) is 4.60. The van der Waals surface area contributed by atoms with Crippen molar-refractivity contribution >= 4 is 11.8 Å². The van der Waals surface area contributed by atoms with Crippen LogP contribution in [0.3, 0.4) is 0 Å². The topological polar surface area (TPSA) is 64.1 Å². The van der Waals surface area contributed by atoms with Crippen molar-refractivity contribution in [1.29, 1.82) is 0 Å². The standard InChI is InChI=1S/C16H23N3OS/c1-11(2)15-16(21-3)19(14(10-20)18-15)9-13-6-4-12(8-17)5-7-13/h4-7,11,20H,8-10,17H2,1-3H3. The Kier molecular flexibility index (Phi) is 5.45. The Balaban J connectivity index is 2.37. The predicted molar refractivity (Wildman–Crippen MR) is 87.5 cm³/mol. The molecule has 0 bridgehead atoms. The van der Waals surface area contributed by atoms with E-state index in [1.807, 2.05) is 12.1 Å². The van der Waals surface area contributed by atoms with Crippen LogP contribution in [0.25, 0.3) is 0 Å². The van der Waals surface area contributed by atoms with Gasteiger partial charge in [-0.15, -0.1) is 11.8 Å². The summed E-state index contributed by atoms with van der Waals surface area (Å²) in [6.45, 7) is 5.49. The van der Waals surface area contributed by atoms with E-state index >= 15 is 0 Å². The molecule has 0 aliphatic carbocycles. The zero-order valence-electron chi connectivity index (χ0n) is 12.8. The van der Waals surface area contributed by atoms with Crippen LogP contribution in [0.4, 0.5) is 0 Å². The fourth-order valence-electron chi connectivity index (χ4n) is 2.34. The lowest BCUT2D eigenvalue weighted by Crippen LogP contribution is -2.07. The van der Waals surface area contributed by atoms with Crippen LogP contribution >= 0.6 is 11.8 Å². The predicted octanol–water partition coefficient (Wildman–Crippen LogP) is 2.73. The molecule has 2 aromatic rings. The minimum atomic E-state index is -0.0405. The normalized spacial score (nSPS) is 11.3. The highest BCUT2D eigenvalue weighted by atomic mass is 32.2. The Morgan fingerprint density at radius 1 is 1.24 bits per heavy atom. The molecular weight excluding hydrogens is 282 g/mol. The van der Waals surface area contributed by atoms with Gasteiger partial charge in [-0.1, -0.05) is 38.1 Å². The summed E-state index contributed by atoms with van der Waals surface area (Å²) in [7, 11) is 0. The second kappa shape index (κ2) is 7.11. The summed E-state index contributed by atoms with van der Waals surface area (Å²) in [5.74, 6) is 1.07. The van der Waals surface area contributed by atoms with Crippen molar-refractivity contribution in [3.05, 3.63) is 46.9 Å². The second-order valence-corrected chi connectivity index (χ2v) is 6.14. The molecule has 0 atom stereocenters. The SMILES string of the molecule is CSc1c(C(C)C)nc(CO)n1Cc1ccc(CN)cc1. The summed E-state index contributed by atoms with van der Waals surface area (Å²) in [5, 5.41) is 10.7. The van der Waals surface area contributed by atoms with Crippen molar-refractivity contribution in [3.8, 4) is 0 Å². The van der Waals surface area contributed by atoms with E-state index in [0.29, 0.717) is 12.5 Å². The minimum absolute atomic E-state index is 0.0405. The molecule has 0 aliphatic rings. The zero-order valence-corrected chi connectivity index (χ0v) is 13.7. The Hall–Kier alpha value is -1.30. The maximum Gasteiger partial charge on any atom is 0.136 e. The fourth-order valence-corrected chi connectivity index (χ4v) is 3.22. The Labute approximate surface area is 130 Å². The molecule has 5 heteroatoms. The van der Waals surface area contributed by atoms with Crippen LogP contribution in [-0.2, 0) is 19.7 Å². The van der Waals surface area contributed by atoms with Crippen molar-refractivity contribution in [2.75, 3.05) is 6.26 Å². The number of aromatic nitrogens is 2. The van der Waals surface area contributed by atoms with Crippen molar-refractivity contribution in [2.24, 2.45) is 5.73 Å². The quantitative estimate of drug-likeness (QED) is 0.806. The van der Waals surface area contributed by atoms with Gasteiger partial charge < -0.3 is 15.4 Å². The molecule has 1 aromatic heterocycles. The van der Waals surface area contributed by atoms with Crippen LogP contribution in [0, 0.1) is 0 Å². The van der Waals surface area contributed by atoms with Crippen molar-refractivity contribution < 1.29 is 5.11 Å². The van der Waals surface area contributed by atoms with Crippen LogP contribution < -0.4 is 5.73 Å². The van der Waals surface area contributed by atoms with E-state index in [-0.39, 0.29) is 6.61 Å². The number of thioether (sulfide) groups is 1. The van der Waals surface area contributed by atoms with Crippen LogP contribution in [0.15, 0.2) is 29.3 Å². The van der Waals surface area contributed by atoms with E-state index in [0.717, 1.165) is 28.7 Å². The van der Waals surface area contributed by atoms with E-state index < -0.39 is 0 Å². The third-order valence-electron chi connectivity index (χ3n) is 3.51. The van der Waals surface area contributed by atoms with E-state index in [9.17, 15) is 5.11 Å². The summed E-state index contributed by atoms with van der Waals surface area (Å²) >= 11 is 1.68. The number of nitrogens with two attached hydrogens (primary N) is 1. The van der Waals surface area contributed by atoms with Gasteiger partial charge in [0.2, 0.25) is 0 Å². The molecule has 21 heavy (non-hydrogen) atoms. The summed E-state index contributed by atoms with van der Waals surface area (Å²) < 4.78 is 2.11. The molecule has 0 radical (unpaired) electrons. The maximum atomic E-state index is 9.58. The number of aliphatic hydroxyl groups is 1.